The molecule has 1 unspecified atom stereocenters. The molecule has 1 rings (SSSR count). The van der Waals surface area contributed by atoms with Crippen LogP contribution in [0.15, 0.2) is 24.3 Å². The normalized spacial score (nSPS) is 13.8. The molecule has 0 aliphatic heterocycles. The maximum atomic E-state index is 13.1. The van der Waals surface area contributed by atoms with Crippen molar-refractivity contribution >= 4 is 9.84 Å². The molecule has 0 heterocycles. The third kappa shape index (κ3) is 4.07. The summed E-state index contributed by atoms with van der Waals surface area (Å²) in [5, 5.41) is 8.86. The van der Waals surface area contributed by atoms with Crippen molar-refractivity contribution in [3.8, 4) is 0 Å². The van der Waals surface area contributed by atoms with Crippen molar-refractivity contribution in [1.82, 2.24) is 0 Å². The van der Waals surface area contributed by atoms with Crippen LogP contribution in [0.3, 0.4) is 0 Å². The molecule has 0 radical (unpaired) electrons. The topological polar surface area (TPSA) is 54.4 Å². The molecule has 1 atom stereocenters. The molecule has 0 aliphatic carbocycles. The van der Waals surface area contributed by atoms with Gasteiger partial charge in [0.1, 0.15) is 5.82 Å². The van der Waals surface area contributed by atoms with Crippen LogP contribution < -0.4 is 0 Å². The van der Waals surface area contributed by atoms with Crippen LogP contribution >= 0.6 is 0 Å². The predicted molar refractivity (Wildman–Crippen MR) is 69.8 cm³/mol. The second-order valence-corrected chi connectivity index (χ2v) is 7.32. The number of benzene rings is 1. The molecule has 1 aromatic rings. The summed E-state index contributed by atoms with van der Waals surface area (Å²) in [5.74, 6) is -0.709. The van der Waals surface area contributed by atoms with Gasteiger partial charge in [-0.3, -0.25) is 0 Å². The van der Waals surface area contributed by atoms with Gasteiger partial charge in [-0.25, -0.2) is 12.8 Å². The minimum atomic E-state index is -3.13. The first-order valence-electron chi connectivity index (χ1n) is 5.94. The molecule has 0 aliphatic rings. The van der Waals surface area contributed by atoms with E-state index >= 15 is 0 Å². The van der Waals surface area contributed by atoms with E-state index in [9.17, 15) is 17.9 Å². The zero-order chi connectivity index (χ0) is 13.8. The number of sulfone groups is 1. The Hall–Kier alpha value is -0.940. The van der Waals surface area contributed by atoms with Crippen LogP contribution in [0.5, 0.6) is 0 Å². The summed E-state index contributed by atoms with van der Waals surface area (Å²) in [5.41, 5.74) is 0.636. The highest BCUT2D eigenvalue weighted by Gasteiger charge is 2.19. The van der Waals surface area contributed by atoms with Crippen LogP contribution in [0.1, 0.15) is 31.7 Å². The first-order chi connectivity index (χ1) is 8.36. The Balaban J connectivity index is 2.75. The molecule has 0 spiro atoms. The molecule has 0 saturated heterocycles. The fraction of sp³-hybridized carbons (Fsp3) is 0.538. The second-order valence-electron chi connectivity index (χ2n) is 4.64. The number of hydrogen-bond acceptors (Lipinski definition) is 3. The quantitative estimate of drug-likeness (QED) is 0.864. The van der Waals surface area contributed by atoms with Crippen molar-refractivity contribution in [1.29, 1.82) is 0 Å². The summed E-state index contributed by atoms with van der Waals surface area (Å²) in [6.45, 7) is 3.08. The Labute approximate surface area is 108 Å². The van der Waals surface area contributed by atoms with Gasteiger partial charge in [0.2, 0.25) is 0 Å². The third-order valence-electron chi connectivity index (χ3n) is 3.01. The average Bonchev–Trinajstić information content (AvgIpc) is 2.29. The highest BCUT2D eigenvalue weighted by Crippen LogP contribution is 2.21. The minimum Gasteiger partial charge on any atom is -0.396 e. The predicted octanol–water partition coefficient (Wildman–Crippen LogP) is 2.11. The first kappa shape index (κ1) is 15.1. The van der Waals surface area contributed by atoms with Gasteiger partial charge in [-0.05, 0) is 38.0 Å². The first-order valence-corrected chi connectivity index (χ1v) is 7.66. The highest BCUT2D eigenvalue weighted by atomic mass is 32.2. The lowest BCUT2D eigenvalue weighted by atomic mass is 9.97. The van der Waals surface area contributed by atoms with Crippen molar-refractivity contribution in [2.45, 2.75) is 31.4 Å². The Bertz CT molecular complexity index is 483. The summed E-state index contributed by atoms with van der Waals surface area (Å²) < 4.78 is 36.5. The van der Waals surface area contributed by atoms with Crippen molar-refractivity contribution in [3.63, 3.8) is 0 Å². The largest absolute Gasteiger partial charge is 0.396 e. The van der Waals surface area contributed by atoms with Crippen LogP contribution in [0.25, 0.3) is 0 Å². The summed E-state index contributed by atoms with van der Waals surface area (Å²) >= 11 is 0. The fourth-order valence-corrected chi connectivity index (χ4v) is 2.75. The number of aliphatic hydroxyl groups excluding tert-OH is 1. The van der Waals surface area contributed by atoms with E-state index in [0.717, 1.165) is 0 Å². The molecule has 0 aromatic heterocycles. The molecule has 0 saturated carbocycles. The van der Waals surface area contributed by atoms with E-state index in [1.807, 2.05) is 0 Å². The molecule has 5 heteroatoms. The molecule has 3 nitrogen and oxygen atoms in total. The van der Waals surface area contributed by atoms with Gasteiger partial charge in [-0.2, -0.15) is 0 Å². The minimum absolute atomic E-state index is 0.00636. The van der Waals surface area contributed by atoms with E-state index in [4.69, 9.17) is 0 Å². The number of aliphatic hydroxyl groups is 1. The van der Waals surface area contributed by atoms with E-state index in [1.165, 1.54) is 12.1 Å². The maximum Gasteiger partial charge on any atom is 0.152 e. The van der Waals surface area contributed by atoms with Crippen molar-refractivity contribution in [2.24, 2.45) is 0 Å². The average molecular weight is 274 g/mol. The summed E-state index contributed by atoms with van der Waals surface area (Å²) in [6, 6.07) is 5.92. The molecule has 0 amide bonds. The highest BCUT2D eigenvalue weighted by molar-refractivity contribution is 7.91. The van der Waals surface area contributed by atoms with E-state index < -0.39 is 15.1 Å². The summed E-state index contributed by atoms with van der Waals surface area (Å²) in [4.78, 5) is 0. The van der Waals surface area contributed by atoms with E-state index in [2.05, 4.69) is 0 Å². The van der Waals surface area contributed by atoms with E-state index in [0.29, 0.717) is 12.0 Å². The van der Waals surface area contributed by atoms with Crippen LogP contribution in [0.4, 0.5) is 4.39 Å². The van der Waals surface area contributed by atoms with Gasteiger partial charge < -0.3 is 5.11 Å². The van der Waals surface area contributed by atoms with Crippen LogP contribution in [0, 0.1) is 5.82 Å². The monoisotopic (exact) mass is 274 g/mol. The lowest BCUT2D eigenvalue weighted by molar-refractivity contribution is 0.262. The molecular formula is C13H19FO3S. The molecule has 1 N–H and O–H groups in total. The number of rotatable bonds is 6. The van der Waals surface area contributed by atoms with Gasteiger partial charge in [0.05, 0.1) is 11.0 Å². The summed E-state index contributed by atoms with van der Waals surface area (Å²) in [7, 11) is -3.13. The zero-order valence-corrected chi connectivity index (χ0v) is 11.5. The Morgan fingerprint density at radius 1 is 1.33 bits per heavy atom. The van der Waals surface area contributed by atoms with Crippen molar-refractivity contribution in [3.05, 3.63) is 35.6 Å². The third-order valence-corrected chi connectivity index (χ3v) is 5.25. The van der Waals surface area contributed by atoms with Gasteiger partial charge >= 0.3 is 0 Å². The molecule has 102 valence electrons. The lowest BCUT2D eigenvalue weighted by Crippen LogP contribution is -2.20. The standard InChI is InChI=1S/C13H19FO3S/c1-10(2)18(16,17)7-6-12(9-15)11-4-3-5-13(14)8-11/h3-5,8,10,12,15H,6-7,9H2,1-2H3. The maximum absolute atomic E-state index is 13.1. The molecule has 0 bridgehead atoms. The smallest absolute Gasteiger partial charge is 0.152 e. The van der Waals surface area contributed by atoms with Crippen LogP contribution in [-0.4, -0.2) is 31.1 Å². The molecular weight excluding hydrogens is 255 g/mol. The van der Waals surface area contributed by atoms with E-state index in [1.54, 1.807) is 26.0 Å². The van der Waals surface area contributed by atoms with Crippen molar-refractivity contribution in [2.75, 3.05) is 12.4 Å². The van der Waals surface area contributed by atoms with Crippen LogP contribution in [0.2, 0.25) is 0 Å². The second kappa shape index (κ2) is 6.29. The Morgan fingerprint density at radius 2 is 2.00 bits per heavy atom. The van der Waals surface area contributed by atoms with Crippen molar-refractivity contribution < 1.29 is 17.9 Å². The molecule has 1 aromatic carbocycles. The zero-order valence-electron chi connectivity index (χ0n) is 10.6. The Morgan fingerprint density at radius 3 is 2.50 bits per heavy atom. The van der Waals surface area contributed by atoms with Crippen LogP contribution in [-0.2, 0) is 9.84 Å². The Kier molecular flexibility index (Phi) is 5.28. The van der Waals surface area contributed by atoms with E-state index in [-0.39, 0.29) is 24.1 Å². The van der Waals surface area contributed by atoms with Gasteiger partial charge in [-0.1, -0.05) is 12.1 Å². The van der Waals surface area contributed by atoms with Gasteiger partial charge in [0, 0.05) is 12.5 Å². The SMILES string of the molecule is CC(C)S(=O)(=O)CCC(CO)c1cccc(F)c1. The number of hydrogen-bond donors (Lipinski definition) is 1. The van der Waals surface area contributed by atoms with Gasteiger partial charge in [-0.15, -0.1) is 0 Å². The summed E-state index contributed by atoms with van der Waals surface area (Å²) in [6.07, 6.45) is 0.306. The van der Waals surface area contributed by atoms with Gasteiger partial charge in [0.15, 0.2) is 9.84 Å². The number of halogens is 1. The fourth-order valence-electron chi connectivity index (χ4n) is 1.67. The lowest BCUT2D eigenvalue weighted by Gasteiger charge is -2.15. The van der Waals surface area contributed by atoms with Gasteiger partial charge in [0.25, 0.3) is 0 Å². The molecule has 0 fully saturated rings. The molecule has 18 heavy (non-hydrogen) atoms.